The molecule has 1 saturated heterocycles. The van der Waals surface area contributed by atoms with E-state index in [1.807, 2.05) is 29.7 Å². The van der Waals surface area contributed by atoms with Crippen molar-refractivity contribution in [3.8, 4) is 17.4 Å². The SMILES string of the molecule is CCOCCN1CCN(c2ccc3nc(Nc4cnc(OC)c(F)c4)c(-c4nc(C)nc(N)n4)n3c2)CC1. The lowest BCUT2D eigenvalue weighted by Gasteiger charge is -2.36. The van der Waals surface area contributed by atoms with Gasteiger partial charge in [0.1, 0.15) is 17.2 Å². The molecule has 4 aromatic heterocycles. The fourth-order valence-electron chi connectivity index (χ4n) is 4.48. The van der Waals surface area contributed by atoms with Gasteiger partial charge in [0.2, 0.25) is 11.8 Å². The Balaban J connectivity index is 1.49. The Morgan fingerprint density at radius 3 is 2.63 bits per heavy atom. The number of hydrogen-bond donors (Lipinski definition) is 2. The highest BCUT2D eigenvalue weighted by Gasteiger charge is 2.22. The van der Waals surface area contributed by atoms with E-state index in [-0.39, 0.29) is 11.8 Å². The molecular formula is C25H31FN10O2. The number of rotatable bonds is 9. The fraction of sp³-hybridized carbons (Fsp3) is 0.400. The summed E-state index contributed by atoms with van der Waals surface area (Å²) in [7, 11) is 1.37. The normalized spacial score (nSPS) is 14.3. The van der Waals surface area contributed by atoms with Crippen LogP contribution in [0.15, 0.2) is 30.6 Å². The van der Waals surface area contributed by atoms with Gasteiger partial charge in [-0.3, -0.25) is 9.30 Å². The maximum absolute atomic E-state index is 14.3. The Kier molecular flexibility index (Phi) is 7.47. The number of nitrogens with zero attached hydrogens (tertiary/aromatic N) is 8. The minimum Gasteiger partial charge on any atom is -0.479 e. The zero-order valence-electron chi connectivity index (χ0n) is 21.7. The summed E-state index contributed by atoms with van der Waals surface area (Å²) in [6, 6.07) is 5.28. The van der Waals surface area contributed by atoms with Crippen LogP contribution in [0.2, 0.25) is 0 Å². The molecule has 4 aromatic rings. The summed E-state index contributed by atoms with van der Waals surface area (Å²) in [5.41, 5.74) is 8.64. The van der Waals surface area contributed by atoms with Gasteiger partial charge in [0, 0.05) is 51.6 Å². The number of nitrogens with two attached hydrogens (primary N) is 1. The van der Waals surface area contributed by atoms with Crippen LogP contribution in [0, 0.1) is 12.7 Å². The van der Waals surface area contributed by atoms with E-state index >= 15 is 0 Å². The molecule has 12 nitrogen and oxygen atoms in total. The molecule has 5 heterocycles. The molecule has 38 heavy (non-hydrogen) atoms. The molecule has 3 N–H and O–H groups in total. The molecule has 0 radical (unpaired) electrons. The molecule has 0 atom stereocenters. The van der Waals surface area contributed by atoms with Gasteiger partial charge in [-0.15, -0.1) is 0 Å². The maximum atomic E-state index is 14.3. The number of aromatic nitrogens is 6. The van der Waals surface area contributed by atoms with Crippen LogP contribution in [0.4, 0.5) is 27.5 Å². The Hall–Kier alpha value is -4.10. The summed E-state index contributed by atoms with van der Waals surface area (Å²) >= 11 is 0. The number of methoxy groups -OCH3 is 1. The summed E-state index contributed by atoms with van der Waals surface area (Å²) in [4.78, 5) is 26.5. The lowest BCUT2D eigenvalue weighted by Crippen LogP contribution is -2.47. The Morgan fingerprint density at radius 1 is 1.11 bits per heavy atom. The molecule has 0 aliphatic carbocycles. The first-order valence-corrected chi connectivity index (χ1v) is 12.5. The first kappa shape index (κ1) is 25.5. The van der Waals surface area contributed by atoms with E-state index in [9.17, 15) is 4.39 Å². The van der Waals surface area contributed by atoms with Crippen molar-refractivity contribution in [2.75, 3.05) is 69.0 Å². The van der Waals surface area contributed by atoms with Crippen LogP contribution >= 0.6 is 0 Å². The summed E-state index contributed by atoms with van der Waals surface area (Å²) in [6.45, 7) is 9.86. The summed E-state index contributed by atoms with van der Waals surface area (Å²) in [5, 5.41) is 3.16. The van der Waals surface area contributed by atoms with E-state index in [4.69, 9.17) is 20.2 Å². The summed E-state index contributed by atoms with van der Waals surface area (Å²) in [6.07, 6.45) is 3.49. The second-order valence-corrected chi connectivity index (χ2v) is 8.85. The van der Waals surface area contributed by atoms with Crippen molar-refractivity contribution in [1.82, 2.24) is 34.2 Å². The highest BCUT2D eigenvalue weighted by atomic mass is 19.1. The molecule has 0 bridgehead atoms. The maximum Gasteiger partial charge on any atom is 0.250 e. The Labute approximate surface area is 219 Å². The third-order valence-corrected chi connectivity index (χ3v) is 6.34. The largest absolute Gasteiger partial charge is 0.479 e. The van der Waals surface area contributed by atoms with Gasteiger partial charge in [-0.25, -0.2) is 19.3 Å². The predicted molar refractivity (Wildman–Crippen MR) is 142 cm³/mol. The molecule has 13 heteroatoms. The van der Waals surface area contributed by atoms with Gasteiger partial charge >= 0.3 is 0 Å². The number of nitrogens with one attached hydrogen (secondary N) is 1. The summed E-state index contributed by atoms with van der Waals surface area (Å²) < 4.78 is 26.7. The third kappa shape index (κ3) is 5.43. The van der Waals surface area contributed by atoms with Crippen LogP contribution < -0.4 is 20.7 Å². The van der Waals surface area contributed by atoms with Crippen LogP contribution in [-0.4, -0.2) is 87.3 Å². The van der Waals surface area contributed by atoms with Crippen molar-refractivity contribution in [3.63, 3.8) is 0 Å². The molecule has 1 aliphatic heterocycles. The highest BCUT2D eigenvalue weighted by molar-refractivity contribution is 5.77. The number of halogens is 1. The highest BCUT2D eigenvalue weighted by Crippen LogP contribution is 2.32. The standard InChI is InChI=1S/C25H31FN10O2/c1-4-38-12-11-34-7-9-35(10-8-34)18-5-6-20-32-23(31-17-13-19(26)24(37-3)28-14-17)21(36(20)15-18)22-29-16(2)30-25(27)33-22/h5-6,13-15,31H,4,7-12H2,1-3H3,(H2,27,29,30,33). The molecule has 0 unspecified atom stereocenters. The summed E-state index contributed by atoms with van der Waals surface area (Å²) in [5.74, 6) is 0.680. The van der Waals surface area contributed by atoms with Crippen LogP contribution in [0.5, 0.6) is 5.88 Å². The number of nitrogen functional groups attached to an aromatic ring is 1. The van der Waals surface area contributed by atoms with Gasteiger partial charge in [0.15, 0.2) is 17.5 Å². The molecular weight excluding hydrogens is 491 g/mol. The van der Waals surface area contributed by atoms with Gasteiger partial charge in [-0.05, 0) is 26.0 Å². The second kappa shape index (κ2) is 11.1. The molecule has 0 saturated carbocycles. The zero-order chi connectivity index (χ0) is 26.6. The third-order valence-electron chi connectivity index (χ3n) is 6.34. The molecule has 200 valence electrons. The minimum atomic E-state index is -0.592. The fourth-order valence-corrected chi connectivity index (χ4v) is 4.48. The van der Waals surface area contributed by atoms with Crippen molar-refractivity contribution in [2.45, 2.75) is 13.8 Å². The molecule has 0 spiro atoms. The van der Waals surface area contributed by atoms with E-state index in [0.29, 0.717) is 34.5 Å². The van der Waals surface area contributed by atoms with Gasteiger partial charge in [0.05, 0.1) is 31.3 Å². The smallest absolute Gasteiger partial charge is 0.250 e. The van der Waals surface area contributed by atoms with Crippen molar-refractivity contribution in [2.24, 2.45) is 0 Å². The van der Waals surface area contributed by atoms with E-state index in [1.165, 1.54) is 19.4 Å². The number of fused-ring (bicyclic) bond motifs is 1. The van der Waals surface area contributed by atoms with E-state index in [0.717, 1.165) is 51.6 Å². The quantitative estimate of drug-likeness (QED) is 0.314. The van der Waals surface area contributed by atoms with Crippen LogP contribution in [0.25, 0.3) is 17.2 Å². The van der Waals surface area contributed by atoms with Crippen molar-refractivity contribution in [3.05, 3.63) is 42.2 Å². The first-order valence-electron chi connectivity index (χ1n) is 12.5. The monoisotopic (exact) mass is 522 g/mol. The van der Waals surface area contributed by atoms with Crippen molar-refractivity contribution in [1.29, 1.82) is 0 Å². The lowest BCUT2D eigenvalue weighted by atomic mass is 10.2. The second-order valence-electron chi connectivity index (χ2n) is 8.85. The average Bonchev–Trinajstić information content (AvgIpc) is 3.26. The molecule has 5 rings (SSSR count). The topological polar surface area (TPSA) is 132 Å². The minimum absolute atomic E-state index is 0.0886. The molecule has 0 aromatic carbocycles. The number of pyridine rings is 2. The lowest BCUT2D eigenvalue weighted by molar-refractivity contribution is 0.111. The van der Waals surface area contributed by atoms with E-state index < -0.39 is 5.82 Å². The van der Waals surface area contributed by atoms with Gasteiger partial charge in [-0.2, -0.15) is 9.97 Å². The van der Waals surface area contributed by atoms with Crippen LogP contribution in [-0.2, 0) is 4.74 Å². The van der Waals surface area contributed by atoms with Gasteiger partial charge in [-0.1, -0.05) is 0 Å². The van der Waals surface area contributed by atoms with Crippen molar-refractivity contribution >= 4 is 28.8 Å². The van der Waals surface area contributed by atoms with E-state index in [1.54, 1.807) is 6.92 Å². The Morgan fingerprint density at radius 2 is 1.92 bits per heavy atom. The number of ether oxygens (including phenoxy) is 2. The zero-order valence-corrected chi connectivity index (χ0v) is 21.7. The number of piperazine rings is 1. The van der Waals surface area contributed by atoms with Gasteiger partial charge < -0.3 is 25.4 Å². The first-order chi connectivity index (χ1) is 18.4. The molecule has 0 amide bonds. The van der Waals surface area contributed by atoms with Crippen LogP contribution in [0.1, 0.15) is 12.7 Å². The molecule has 1 aliphatic rings. The number of aryl methyl sites for hydroxylation is 1. The van der Waals surface area contributed by atoms with Gasteiger partial charge in [0.25, 0.3) is 0 Å². The Bertz CT molecular complexity index is 1400. The van der Waals surface area contributed by atoms with E-state index in [2.05, 4.69) is 35.1 Å². The van der Waals surface area contributed by atoms with Crippen LogP contribution in [0.3, 0.4) is 0 Å². The number of anilines is 4. The number of hydrogen-bond acceptors (Lipinski definition) is 11. The molecule has 1 fully saturated rings. The predicted octanol–water partition coefficient (Wildman–Crippen LogP) is 2.52. The van der Waals surface area contributed by atoms with Crippen molar-refractivity contribution < 1.29 is 13.9 Å². The number of imidazole rings is 1. The average molecular weight is 523 g/mol.